The van der Waals surface area contributed by atoms with Crippen molar-refractivity contribution in [3.8, 4) is 5.75 Å². The lowest BCUT2D eigenvalue weighted by molar-refractivity contribution is -0.126. The molecule has 0 bridgehead atoms. The normalized spacial score (nSPS) is 14.5. The van der Waals surface area contributed by atoms with Gasteiger partial charge in [-0.25, -0.2) is 0 Å². The van der Waals surface area contributed by atoms with Crippen LogP contribution in [-0.2, 0) is 11.3 Å². The molecule has 0 spiro atoms. The number of nitrogens with one attached hydrogen (secondary N) is 1. The number of furan rings is 1. The zero-order valence-corrected chi connectivity index (χ0v) is 19.8. The number of nitrogens with zero attached hydrogens (tertiary/aromatic N) is 1. The summed E-state index contributed by atoms with van der Waals surface area (Å²) in [6.07, 6.45) is 5.62. The molecule has 0 radical (unpaired) electrons. The third kappa shape index (κ3) is 5.68. The minimum absolute atomic E-state index is 0.137. The minimum Gasteiger partial charge on any atom is -0.494 e. The summed E-state index contributed by atoms with van der Waals surface area (Å²) in [6.45, 7) is 4.78. The molecule has 4 rings (SSSR count). The van der Waals surface area contributed by atoms with Crippen molar-refractivity contribution in [1.29, 1.82) is 0 Å². The van der Waals surface area contributed by atoms with E-state index in [0.717, 1.165) is 48.1 Å². The summed E-state index contributed by atoms with van der Waals surface area (Å²) in [5.74, 6) is 0.425. The van der Waals surface area contributed by atoms with Gasteiger partial charge in [0.05, 0.1) is 12.9 Å². The molecule has 1 heterocycles. The first-order chi connectivity index (χ1) is 16.5. The molecule has 0 saturated heterocycles. The number of hydrogen-bond acceptors (Lipinski definition) is 4. The first-order valence-electron chi connectivity index (χ1n) is 12.0. The average Bonchev–Trinajstić information content (AvgIpc) is 3.55. The quantitative estimate of drug-likeness (QED) is 0.462. The van der Waals surface area contributed by atoms with Gasteiger partial charge in [-0.3, -0.25) is 9.59 Å². The molecule has 6 heteroatoms. The Labute approximate surface area is 200 Å². The first-order valence-corrected chi connectivity index (χ1v) is 12.0. The van der Waals surface area contributed by atoms with Crippen molar-refractivity contribution in [3.63, 3.8) is 0 Å². The predicted octanol–water partition coefficient (Wildman–Crippen LogP) is 5.43. The van der Waals surface area contributed by atoms with E-state index in [-0.39, 0.29) is 30.2 Å². The van der Waals surface area contributed by atoms with E-state index in [0.29, 0.717) is 6.61 Å². The van der Waals surface area contributed by atoms with E-state index >= 15 is 0 Å². The van der Waals surface area contributed by atoms with Gasteiger partial charge in [-0.2, -0.15) is 0 Å². The van der Waals surface area contributed by atoms with E-state index < -0.39 is 6.04 Å². The van der Waals surface area contributed by atoms with Crippen LogP contribution in [0.5, 0.6) is 5.75 Å². The molecular formula is C28H32N2O4. The maximum absolute atomic E-state index is 13.7. The summed E-state index contributed by atoms with van der Waals surface area (Å²) in [4.78, 5) is 28.9. The van der Waals surface area contributed by atoms with Crippen LogP contribution in [0.3, 0.4) is 0 Å². The van der Waals surface area contributed by atoms with Crippen molar-refractivity contribution in [3.05, 3.63) is 89.4 Å². The molecule has 1 fully saturated rings. The standard InChI is InChI=1S/C28H32N2O4/c1-3-33-24-16-14-22(15-17-24)26(27(31)29-23-7-4-5-8-23)30(28(32)25-9-6-18-34-25)19-21-12-10-20(2)11-13-21/h6,9-18,23,26H,3-5,7-8,19H2,1-2H3,(H,29,31)/t26-/m1/s1. The van der Waals surface area contributed by atoms with E-state index in [2.05, 4.69) is 5.32 Å². The highest BCUT2D eigenvalue weighted by molar-refractivity contribution is 5.96. The number of amides is 2. The van der Waals surface area contributed by atoms with Crippen LogP contribution >= 0.6 is 0 Å². The van der Waals surface area contributed by atoms with Crippen LogP contribution in [0.15, 0.2) is 71.3 Å². The molecule has 1 atom stereocenters. The van der Waals surface area contributed by atoms with Gasteiger partial charge in [0, 0.05) is 12.6 Å². The second kappa shape index (κ2) is 11.1. The maximum Gasteiger partial charge on any atom is 0.290 e. The van der Waals surface area contributed by atoms with Crippen molar-refractivity contribution in [1.82, 2.24) is 10.2 Å². The van der Waals surface area contributed by atoms with Crippen LogP contribution in [0, 0.1) is 6.92 Å². The van der Waals surface area contributed by atoms with Crippen molar-refractivity contribution in [2.45, 2.75) is 58.2 Å². The molecule has 0 unspecified atom stereocenters. The van der Waals surface area contributed by atoms with Gasteiger partial charge in [0.15, 0.2) is 5.76 Å². The Morgan fingerprint density at radius 3 is 2.38 bits per heavy atom. The fourth-order valence-corrected chi connectivity index (χ4v) is 4.45. The van der Waals surface area contributed by atoms with Crippen LogP contribution < -0.4 is 10.1 Å². The predicted molar refractivity (Wildman–Crippen MR) is 131 cm³/mol. The third-order valence-electron chi connectivity index (χ3n) is 6.23. The Hall–Kier alpha value is -3.54. The fraction of sp³-hybridized carbons (Fsp3) is 0.357. The molecule has 34 heavy (non-hydrogen) atoms. The molecule has 1 aromatic heterocycles. The number of hydrogen-bond donors (Lipinski definition) is 1. The zero-order chi connectivity index (χ0) is 23.9. The van der Waals surface area contributed by atoms with Gasteiger partial charge in [0.1, 0.15) is 11.8 Å². The topological polar surface area (TPSA) is 71.8 Å². The van der Waals surface area contributed by atoms with Crippen LogP contribution in [-0.4, -0.2) is 29.4 Å². The zero-order valence-electron chi connectivity index (χ0n) is 19.8. The molecule has 2 amide bonds. The summed E-state index contributed by atoms with van der Waals surface area (Å²) in [6, 6.07) is 18.0. The SMILES string of the molecule is CCOc1ccc([C@H](C(=O)NC2CCCC2)N(Cc2ccc(C)cc2)C(=O)c2ccco2)cc1. The molecule has 1 N–H and O–H groups in total. The van der Waals surface area contributed by atoms with Crippen molar-refractivity contribution < 1.29 is 18.7 Å². The second-order valence-electron chi connectivity index (χ2n) is 8.79. The van der Waals surface area contributed by atoms with Crippen LogP contribution in [0.4, 0.5) is 0 Å². The van der Waals surface area contributed by atoms with E-state index in [1.54, 1.807) is 17.0 Å². The maximum atomic E-state index is 13.7. The minimum atomic E-state index is -0.810. The van der Waals surface area contributed by atoms with Gasteiger partial charge >= 0.3 is 0 Å². The summed E-state index contributed by atoms with van der Waals surface area (Å²) in [5, 5.41) is 3.20. The van der Waals surface area contributed by atoms with E-state index in [4.69, 9.17) is 9.15 Å². The number of ether oxygens (including phenoxy) is 1. The second-order valence-corrected chi connectivity index (χ2v) is 8.79. The number of carbonyl (C=O) groups excluding carboxylic acids is 2. The number of aryl methyl sites for hydroxylation is 1. The summed E-state index contributed by atoms with van der Waals surface area (Å²) in [7, 11) is 0. The van der Waals surface area contributed by atoms with Gasteiger partial charge in [0.2, 0.25) is 5.91 Å². The van der Waals surface area contributed by atoms with E-state index in [1.165, 1.54) is 6.26 Å². The Morgan fingerprint density at radius 2 is 1.76 bits per heavy atom. The monoisotopic (exact) mass is 460 g/mol. The van der Waals surface area contributed by atoms with Gasteiger partial charge in [-0.05, 0) is 62.1 Å². The smallest absolute Gasteiger partial charge is 0.290 e. The molecule has 2 aromatic carbocycles. The molecule has 3 aromatic rings. The number of carbonyl (C=O) groups is 2. The Balaban J connectivity index is 1.72. The van der Waals surface area contributed by atoms with Gasteiger partial charge in [-0.1, -0.05) is 54.8 Å². The lowest BCUT2D eigenvalue weighted by atomic mass is 10.0. The Bertz CT molecular complexity index is 1070. The lowest BCUT2D eigenvalue weighted by Gasteiger charge is -2.32. The van der Waals surface area contributed by atoms with Crippen LogP contribution in [0.1, 0.15) is 65.9 Å². The summed E-state index contributed by atoms with van der Waals surface area (Å²) < 4.78 is 11.0. The molecule has 6 nitrogen and oxygen atoms in total. The largest absolute Gasteiger partial charge is 0.494 e. The highest BCUT2D eigenvalue weighted by Crippen LogP contribution is 2.29. The van der Waals surface area contributed by atoms with Crippen molar-refractivity contribution in [2.24, 2.45) is 0 Å². The molecular weight excluding hydrogens is 428 g/mol. The summed E-state index contributed by atoms with van der Waals surface area (Å²) in [5.41, 5.74) is 2.80. The lowest BCUT2D eigenvalue weighted by Crippen LogP contribution is -2.45. The van der Waals surface area contributed by atoms with Gasteiger partial charge in [-0.15, -0.1) is 0 Å². The summed E-state index contributed by atoms with van der Waals surface area (Å²) >= 11 is 0. The first kappa shape index (κ1) is 23.6. The molecule has 1 aliphatic rings. The molecule has 1 saturated carbocycles. The van der Waals surface area contributed by atoms with E-state index in [1.807, 2.05) is 62.4 Å². The third-order valence-corrected chi connectivity index (χ3v) is 6.23. The highest BCUT2D eigenvalue weighted by Gasteiger charge is 2.34. The highest BCUT2D eigenvalue weighted by atomic mass is 16.5. The van der Waals surface area contributed by atoms with Crippen LogP contribution in [0.2, 0.25) is 0 Å². The number of benzene rings is 2. The average molecular weight is 461 g/mol. The van der Waals surface area contributed by atoms with Gasteiger partial charge < -0.3 is 19.4 Å². The molecule has 0 aliphatic heterocycles. The Morgan fingerprint density at radius 1 is 1.06 bits per heavy atom. The molecule has 178 valence electrons. The van der Waals surface area contributed by atoms with Crippen LogP contribution in [0.25, 0.3) is 0 Å². The fourth-order valence-electron chi connectivity index (χ4n) is 4.45. The van der Waals surface area contributed by atoms with Crippen molar-refractivity contribution >= 4 is 11.8 Å². The van der Waals surface area contributed by atoms with E-state index in [9.17, 15) is 9.59 Å². The number of rotatable bonds is 9. The Kier molecular flexibility index (Phi) is 7.68. The van der Waals surface area contributed by atoms with Gasteiger partial charge in [0.25, 0.3) is 5.91 Å². The molecule has 1 aliphatic carbocycles. The van der Waals surface area contributed by atoms with Crippen molar-refractivity contribution in [2.75, 3.05) is 6.61 Å².